The van der Waals surface area contributed by atoms with Gasteiger partial charge in [-0.1, -0.05) is 46.4 Å². The number of azo groups is 2. The molecular formula is C32H22Cl4N8Na2O14S4. The molecule has 0 spiro atoms. The Morgan fingerprint density at radius 2 is 0.844 bits per heavy atom. The van der Waals surface area contributed by atoms with Crippen molar-refractivity contribution in [1.29, 1.82) is 0 Å². The second kappa shape index (κ2) is 21.4. The van der Waals surface area contributed by atoms with E-state index in [1.807, 2.05) is 0 Å². The van der Waals surface area contributed by atoms with Gasteiger partial charge in [-0.25, -0.2) is 16.8 Å². The van der Waals surface area contributed by atoms with E-state index in [9.17, 15) is 52.4 Å². The molecule has 4 aromatic carbocycles. The standard InChI is InChI=1S/2C16H12Cl2N4O7S2.2Na/c2*1-8-15(20-19-9-2-4-10(5-3-9)30(24,25)26)16(23)22(21-8)13-6-12(18)14(7-11(13)17)31(27,28)29;;/h2*2-7,15H,1H3,(H,24,25,26)(H,27,28,29);;/q;;2*+1/p-2/b2*20-19+;;. The molecule has 2 N–H and O–H groups in total. The summed E-state index contributed by atoms with van der Waals surface area (Å²) in [6.45, 7) is 2.99. The number of amides is 2. The summed E-state index contributed by atoms with van der Waals surface area (Å²) in [4.78, 5) is 23.3. The molecule has 6 rings (SSSR count). The fraction of sp³-hybridized carbons (Fsp3) is 0.125. The molecule has 0 aliphatic carbocycles. The SMILES string of the molecule is CC1=NN(c2cc(Cl)c(S(=O)(=O)[O-])cc2Cl)C(=O)C1/N=N/c1ccc(S(=O)(=O)O)cc1.CC1=NN(c2cc(Cl)c(S(=O)(=O)[O-])cc2Cl)C(=O)C1/N=N/c1ccc(S(=O)(=O)O)cc1.[Na+].[Na+]. The third kappa shape index (κ3) is 13.2. The van der Waals surface area contributed by atoms with Crippen LogP contribution in [0.4, 0.5) is 22.7 Å². The van der Waals surface area contributed by atoms with Gasteiger partial charge in [0.15, 0.2) is 12.1 Å². The Bertz CT molecular complexity index is 2900. The minimum atomic E-state index is -4.88. The van der Waals surface area contributed by atoms with Crippen LogP contribution < -0.4 is 69.1 Å². The van der Waals surface area contributed by atoms with Crippen LogP contribution >= 0.6 is 46.4 Å². The predicted molar refractivity (Wildman–Crippen MR) is 219 cm³/mol. The monoisotopic (exact) mass is 1060 g/mol. The molecule has 0 saturated heterocycles. The summed E-state index contributed by atoms with van der Waals surface area (Å²) in [5, 5.41) is 24.0. The van der Waals surface area contributed by atoms with E-state index in [2.05, 4.69) is 30.7 Å². The van der Waals surface area contributed by atoms with Gasteiger partial charge in [0.1, 0.15) is 20.2 Å². The van der Waals surface area contributed by atoms with Crippen LogP contribution in [-0.2, 0) is 50.1 Å². The van der Waals surface area contributed by atoms with E-state index >= 15 is 0 Å². The Labute approximate surface area is 428 Å². The van der Waals surface area contributed by atoms with Gasteiger partial charge in [0.25, 0.3) is 32.1 Å². The Balaban J connectivity index is 0.000000330. The Morgan fingerprint density at radius 1 is 0.547 bits per heavy atom. The zero-order valence-electron chi connectivity index (χ0n) is 32.6. The number of hydrogen-bond donors (Lipinski definition) is 2. The summed E-state index contributed by atoms with van der Waals surface area (Å²) in [5.74, 6) is -1.35. The zero-order chi connectivity index (χ0) is 46.3. The quantitative estimate of drug-likeness (QED) is 0.120. The van der Waals surface area contributed by atoms with E-state index in [0.29, 0.717) is 0 Å². The van der Waals surface area contributed by atoms with Gasteiger partial charge < -0.3 is 9.11 Å². The number of carbonyl (C=O) groups is 2. The Kier molecular flexibility index (Phi) is 18.6. The minimum absolute atomic E-state index is 0. The van der Waals surface area contributed by atoms with Gasteiger partial charge in [-0.2, -0.15) is 57.5 Å². The molecule has 2 amide bonds. The van der Waals surface area contributed by atoms with E-state index in [-0.39, 0.29) is 113 Å². The van der Waals surface area contributed by atoms with Crippen LogP contribution in [-0.4, -0.2) is 87.2 Å². The number of benzene rings is 4. The molecule has 0 radical (unpaired) electrons. The van der Waals surface area contributed by atoms with E-state index in [1.54, 1.807) is 0 Å². The van der Waals surface area contributed by atoms with Crippen molar-refractivity contribution in [3.05, 3.63) is 92.9 Å². The van der Waals surface area contributed by atoms with Crippen LogP contribution in [0.15, 0.2) is 123 Å². The van der Waals surface area contributed by atoms with Gasteiger partial charge >= 0.3 is 59.1 Å². The minimum Gasteiger partial charge on any atom is -0.744 e. The molecule has 22 nitrogen and oxygen atoms in total. The number of nitrogens with zero attached hydrogens (tertiary/aromatic N) is 8. The molecule has 64 heavy (non-hydrogen) atoms. The number of rotatable bonds is 10. The molecule has 328 valence electrons. The molecule has 0 fully saturated rings. The van der Waals surface area contributed by atoms with Crippen LogP contribution in [0.25, 0.3) is 0 Å². The Morgan fingerprint density at radius 3 is 1.11 bits per heavy atom. The van der Waals surface area contributed by atoms with E-state index < -0.39 is 84.2 Å². The summed E-state index contributed by atoms with van der Waals surface area (Å²) in [6, 6.07) is 11.0. The fourth-order valence-electron chi connectivity index (χ4n) is 5.09. The van der Waals surface area contributed by atoms with Crippen molar-refractivity contribution in [3.63, 3.8) is 0 Å². The van der Waals surface area contributed by atoms with Crippen molar-refractivity contribution >= 4 is 133 Å². The first-order valence-corrected chi connectivity index (χ1v) is 23.4. The summed E-state index contributed by atoms with van der Waals surface area (Å²) in [5.41, 5.74) is 0.763. The van der Waals surface area contributed by atoms with Gasteiger partial charge in [-0.3, -0.25) is 18.7 Å². The van der Waals surface area contributed by atoms with Gasteiger partial charge in [-0.05, 0) is 86.6 Å². The molecule has 0 bridgehead atoms. The van der Waals surface area contributed by atoms with Crippen LogP contribution in [0.2, 0.25) is 20.1 Å². The maximum absolute atomic E-state index is 12.7. The van der Waals surface area contributed by atoms with Gasteiger partial charge in [0, 0.05) is 0 Å². The molecule has 4 aromatic rings. The topological polar surface area (TPSA) is 338 Å². The summed E-state index contributed by atoms with van der Waals surface area (Å²) in [6.07, 6.45) is 0. The van der Waals surface area contributed by atoms with Crippen molar-refractivity contribution in [3.8, 4) is 0 Å². The first-order valence-electron chi connectivity index (χ1n) is 16.2. The second-order valence-electron chi connectivity index (χ2n) is 12.3. The molecule has 2 heterocycles. The molecule has 0 saturated carbocycles. The zero-order valence-corrected chi connectivity index (χ0v) is 42.9. The summed E-state index contributed by atoms with van der Waals surface area (Å²) in [7, 11) is -18.5. The van der Waals surface area contributed by atoms with Crippen molar-refractivity contribution in [2.75, 3.05) is 10.0 Å². The van der Waals surface area contributed by atoms with Crippen LogP contribution in [0.3, 0.4) is 0 Å². The normalized spacial score (nSPS) is 16.9. The number of hydrogen-bond acceptors (Lipinski definition) is 18. The van der Waals surface area contributed by atoms with E-state index in [4.69, 9.17) is 55.5 Å². The van der Waals surface area contributed by atoms with Crippen LogP contribution in [0.1, 0.15) is 13.8 Å². The average molecular weight is 1060 g/mol. The average Bonchev–Trinajstić information content (AvgIpc) is 3.61. The number of anilines is 2. The van der Waals surface area contributed by atoms with Gasteiger partial charge in [0.05, 0.1) is 73.8 Å². The smallest absolute Gasteiger partial charge is 0.744 e. The van der Waals surface area contributed by atoms with Crippen molar-refractivity contribution in [2.45, 2.75) is 45.5 Å². The van der Waals surface area contributed by atoms with E-state index in [0.717, 1.165) is 58.5 Å². The van der Waals surface area contributed by atoms with Crippen molar-refractivity contribution < 1.29 is 121 Å². The third-order valence-electron chi connectivity index (χ3n) is 8.04. The molecule has 2 aliphatic heterocycles. The second-order valence-corrected chi connectivity index (χ2v) is 19.5. The first-order chi connectivity index (χ1) is 28.6. The molecule has 2 unspecified atom stereocenters. The maximum Gasteiger partial charge on any atom is 1.00 e. The molecule has 2 aliphatic rings. The third-order valence-corrected chi connectivity index (χ3v) is 13.0. The number of hydrazone groups is 2. The maximum atomic E-state index is 12.7. The van der Waals surface area contributed by atoms with E-state index in [1.165, 1.54) is 38.1 Å². The number of halogens is 4. The van der Waals surface area contributed by atoms with Crippen LogP contribution in [0.5, 0.6) is 0 Å². The van der Waals surface area contributed by atoms with Gasteiger partial charge in [-0.15, -0.1) is 0 Å². The molecule has 32 heteroatoms. The summed E-state index contributed by atoms with van der Waals surface area (Å²) >= 11 is 23.7. The predicted octanol–water partition coefficient (Wildman–Crippen LogP) is 0.0464. The number of carbonyl (C=O) groups excluding carboxylic acids is 2. The van der Waals surface area contributed by atoms with Gasteiger partial charge in [0.2, 0.25) is 0 Å². The molecule has 2 atom stereocenters. The first kappa shape index (κ1) is 55.5. The largest absolute Gasteiger partial charge is 1.00 e. The van der Waals surface area contributed by atoms with Crippen molar-refractivity contribution in [1.82, 2.24) is 0 Å². The summed E-state index contributed by atoms with van der Waals surface area (Å²) < 4.78 is 130. The van der Waals surface area contributed by atoms with Crippen LogP contribution in [0, 0.1) is 0 Å². The molecular weight excluding hydrogens is 1040 g/mol. The fourth-order valence-corrected chi connectivity index (χ4v) is 8.67. The Hall–Kier alpha value is -2.84. The molecule has 0 aromatic heterocycles. The van der Waals surface area contributed by atoms with Crippen molar-refractivity contribution in [2.24, 2.45) is 30.7 Å².